The van der Waals surface area contributed by atoms with Crippen LogP contribution in [0.1, 0.15) is 19.4 Å². The zero-order valence-electron chi connectivity index (χ0n) is 8.58. The second kappa shape index (κ2) is 5.66. The summed E-state index contributed by atoms with van der Waals surface area (Å²) in [4.78, 5) is 0. The van der Waals surface area contributed by atoms with Crippen molar-refractivity contribution in [2.24, 2.45) is 0 Å². The molecule has 1 aromatic carbocycles. The molecule has 14 heavy (non-hydrogen) atoms. The van der Waals surface area contributed by atoms with Crippen molar-refractivity contribution < 1.29 is 0 Å². The Kier molecular flexibility index (Phi) is 4.82. The first kappa shape index (κ1) is 11.9. The summed E-state index contributed by atoms with van der Waals surface area (Å²) in [5.74, 6) is 0. The van der Waals surface area contributed by atoms with Crippen molar-refractivity contribution in [3.8, 4) is 0 Å². The van der Waals surface area contributed by atoms with Crippen LogP contribution in [0.2, 0.25) is 0 Å². The maximum Gasteiger partial charge on any atom is 0.0729 e. The van der Waals surface area contributed by atoms with Crippen LogP contribution in [-0.4, -0.2) is 9.55 Å². The number of aromatic nitrogens is 2. The largest absolute Gasteiger partial charge is 0.237 e. The summed E-state index contributed by atoms with van der Waals surface area (Å²) in [5.41, 5.74) is 2.52. The van der Waals surface area contributed by atoms with Gasteiger partial charge in [-0.2, -0.15) is 5.10 Å². The molecule has 0 N–H and O–H groups in total. The molecule has 0 aliphatic heterocycles. The third-order valence-corrected chi connectivity index (χ3v) is 3.69. The Labute approximate surface area is 99.4 Å². The Bertz CT molecular complexity index is 411. The van der Waals surface area contributed by atoms with Crippen LogP contribution in [-0.2, 0) is 0 Å². The van der Waals surface area contributed by atoms with E-state index in [0.717, 1.165) is 0 Å². The van der Waals surface area contributed by atoms with Gasteiger partial charge < -0.3 is 0 Å². The molecule has 2 nitrogen and oxygen atoms in total. The maximum absolute atomic E-state index is 4.28. The van der Waals surface area contributed by atoms with Gasteiger partial charge in [0.1, 0.15) is 0 Å². The highest BCUT2D eigenvalue weighted by atomic mass is 127. The number of fused-ring (bicyclic) bond motifs is 1. The molecule has 1 heterocycles. The fraction of sp³-hybridized carbons (Fsp3) is 0.300. The third kappa shape index (κ3) is 2.45. The predicted octanol–water partition coefficient (Wildman–Crippen LogP) is 4.16. The molecule has 0 bridgehead atoms. The van der Waals surface area contributed by atoms with Crippen LogP contribution in [0.25, 0.3) is 10.9 Å². The van der Waals surface area contributed by atoms with Crippen LogP contribution in [0.4, 0.5) is 0 Å². The van der Waals surface area contributed by atoms with Crippen molar-refractivity contribution in [1.82, 2.24) is 9.55 Å². The van der Waals surface area contributed by atoms with Crippen LogP contribution in [0.3, 0.4) is 0 Å². The zero-order valence-corrected chi connectivity index (χ0v) is 11.7. The highest BCUT2D eigenvalue weighted by Crippen LogP contribution is 2.28. The minimum absolute atomic E-state index is 0.681. The van der Waals surface area contributed by atoms with Crippen LogP contribution in [0.5, 0.6) is 0 Å². The van der Waals surface area contributed by atoms with Crippen molar-refractivity contribution in [1.29, 1.82) is 0 Å². The van der Waals surface area contributed by atoms with Crippen molar-refractivity contribution in [3.63, 3.8) is 0 Å². The Morgan fingerprint density at radius 1 is 1.36 bits per heavy atom. The van der Waals surface area contributed by atoms with Crippen molar-refractivity contribution in [3.05, 3.63) is 30.0 Å². The van der Waals surface area contributed by atoms with E-state index >= 15 is 0 Å². The topological polar surface area (TPSA) is 17.8 Å². The van der Waals surface area contributed by atoms with Crippen LogP contribution < -0.4 is 0 Å². The Hall–Kier alpha value is -0.150. The van der Waals surface area contributed by atoms with E-state index in [1.807, 2.05) is 24.5 Å². The second-order valence-corrected chi connectivity index (χ2v) is 4.74. The quantitative estimate of drug-likeness (QED) is 0.570. The average molecular weight is 320 g/mol. The lowest BCUT2D eigenvalue weighted by molar-refractivity contribution is 1.04. The SMILES string of the molecule is CC.Cc1ccc2c(cnn2PI)c1. The Morgan fingerprint density at radius 3 is 2.71 bits per heavy atom. The number of hydrogen-bond donors (Lipinski definition) is 0. The van der Waals surface area contributed by atoms with Gasteiger partial charge in [-0.3, -0.25) is 0 Å². The molecule has 2 aromatic rings. The molecule has 2 rings (SSSR count). The molecule has 0 aliphatic carbocycles. The standard InChI is InChI=1S/C8H8IN2P.C2H6/c1-6-2-3-8-7(4-6)5-10-11(8)12-9;1-2/h2-5,12H,1H3;1-2H3. The summed E-state index contributed by atoms with van der Waals surface area (Å²) in [5, 5.41) is 5.51. The molecule has 1 atom stereocenters. The lowest BCUT2D eigenvalue weighted by Gasteiger charge is -1.96. The molecule has 1 unspecified atom stereocenters. The number of nitrogens with zero attached hydrogens (tertiary/aromatic N) is 2. The van der Waals surface area contributed by atoms with E-state index in [0.29, 0.717) is 6.37 Å². The average Bonchev–Trinajstić information content (AvgIpc) is 2.62. The maximum atomic E-state index is 4.28. The summed E-state index contributed by atoms with van der Waals surface area (Å²) in [6, 6.07) is 6.41. The molecule has 0 radical (unpaired) electrons. The highest BCUT2D eigenvalue weighted by Gasteiger charge is 1.99. The first-order valence-electron chi connectivity index (χ1n) is 4.62. The molecule has 0 spiro atoms. The van der Waals surface area contributed by atoms with Gasteiger partial charge in [0.15, 0.2) is 0 Å². The molecule has 0 fully saturated rings. The van der Waals surface area contributed by atoms with Gasteiger partial charge in [0, 0.05) is 5.39 Å². The van der Waals surface area contributed by atoms with Gasteiger partial charge in [-0.15, -0.1) is 0 Å². The summed E-state index contributed by atoms with van der Waals surface area (Å²) in [6.07, 6.45) is 2.61. The Balaban J connectivity index is 0.000000461. The molecular formula is C10H14IN2P. The Morgan fingerprint density at radius 2 is 2.07 bits per heavy atom. The molecule has 1 aromatic heterocycles. The van der Waals surface area contributed by atoms with Gasteiger partial charge in [-0.25, -0.2) is 4.45 Å². The summed E-state index contributed by atoms with van der Waals surface area (Å²) in [6.45, 7) is 6.10. The number of rotatable bonds is 1. The van der Waals surface area contributed by atoms with E-state index in [1.54, 1.807) is 0 Å². The minimum atomic E-state index is 0.681. The van der Waals surface area contributed by atoms with Crippen molar-refractivity contribution in [2.45, 2.75) is 20.8 Å². The molecule has 0 saturated carbocycles. The summed E-state index contributed by atoms with van der Waals surface area (Å²) >= 11 is 2.33. The number of benzene rings is 1. The lowest BCUT2D eigenvalue weighted by Crippen LogP contribution is -1.81. The number of aryl methyl sites for hydroxylation is 1. The predicted molar refractivity (Wildman–Crippen MR) is 73.6 cm³/mol. The van der Waals surface area contributed by atoms with Crippen molar-refractivity contribution >= 4 is 39.3 Å². The van der Waals surface area contributed by atoms with E-state index in [1.165, 1.54) is 16.5 Å². The number of hydrogen-bond acceptors (Lipinski definition) is 1. The smallest absolute Gasteiger partial charge is 0.0729 e. The van der Waals surface area contributed by atoms with E-state index in [9.17, 15) is 0 Å². The van der Waals surface area contributed by atoms with Gasteiger partial charge in [-0.05, 0) is 41.1 Å². The fourth-order valence-corrected chi connectivity index (χ4v) is 2.77. The van der Waals surface area contributed by atoms with Gasteiger partial charge in [0.05, 0.1) is 18.1 Å². The minimum Gasteiger partial charge on any atom is -0.237 e. The van der Waals surface area contributed by atoms with Gasteiger partial charge >= 0.3 is 0 Å². The van der Waals surface area contributed by atoms with E-state index in [4.69, 9.17) is 0 Å². The summed E-state index contributed by atoms with van der Waals surface area (Å²) in [7, 11) is 0. The van der Waals surface area contributed by atoms with E-state index in [2.05, 4.69) is 52.3 Å². The van der Waals surface area contributed by atoms with Crippen molar-refractivity contribution in [2.75, 3.05) is 0 Å². The molecular weight excluding hydrogens is 306 g/mol. The zero-order chi connectivity index (χ0) is 10.6. The van der Waals surface area contributed by atoms with Gasteiger partial charge in [0.25, 0.3) is 0 Å². The normalized spacial score (nSPS) is 10.6. The summed E-state index contributed by atoms with van der Waals surface area (Å²) < 4.78 is 2.02. The van der Waals surface area contributed by atoms with E-state index in [-0.39, 0.29) is 0 Å². The molecule has 0 saturated heterocycles. The lowest BCUT2D eigenvalue weighted by atomic mass is 10.2. The van der Waals surface area contributed by atoms with Gasteiger partial charge in [-0.1, -0.05) is 25.5 Å². The fourth-order valence-electron chi connectivity index (χ4n) is 1.22. The highest BCUT2D eigenvalue weighted by molar-refractivity contribution is 14.2. The molecule has 0 aliphatic rings. The van der Waals surface area contributed by atoms with Gasteiger partial charge in [0.2, 0.25) is 0 Å². The molecule has 4 heteroatoms. The molecule has 0 amide bonds. The molecule has 76 valence electrons. The first-order chi connectivity index (χ1) is 6.81. The van der Waals surface area contributed by atoms with Crippen LogP contribution in [0, 0.1) is 6.92 Å². The first-order valence-corrected chi connectivity index (χ1v) is 8.68. The van der Waals surface area contributed by atoms with E-state index < -0.39 is 0 Å². The second-order valence-electron chi connectivity index (χ2n) is 2.70. The van der Waals surface area contributed by atoms with Crippen LogP contribution >= 0.6 is 28.4 Å². The van der Waals surface area contributed by atoms with Crippen LogP contribution in [0.15, 0.2) is 24.4 Å². The number of halogens is 1. The monoisotopic (exact) mass is 320 g/mol. The third-order valence-electron chi connectivity index (χ3n) is 1.80.